The second-order valence-electron chi connectivity index (χ2n) is 8.57. The summed E-state index contributed by atoms with van der Waals surface area (Å²) in [4.78, 5) is 17.4. The van der Waals surface area contributed by atoms with Gasteiger partial charge in [-0.3, -0.25) is 0 Å². The molecule has 0 aliphatic rings. The largest absolute Gasteiger partial charge is 0.490 e. The number of carboxylic acid groups (broad SMARTS) is 1. The van der Waals surface area contributed by atoms with Gasteiger partial charge in [-0.25, -0.2) is 9.78 Å². The van der Waals surface area contributed by atoms with Crippen molar-refractivity contribution in [1.82, 2.24) is 4.98 Å². The van der Waals surface area contributed by atoms with Gasteiger partial charge in [-0.1, -0.05) is 66.2 Å². The van der Waals surface area contributed by atoms with E-state index in [9.17, 15) is 9.90 Å². The lowest BCUT2D eigenvalue weighted by Gasteiger charge is -2.20. The Balaban J connectivity index is 1.37. The topological polar surface area (TPSA) is 68.7 Å². The SMILES string of the molecule is O=C(O)c1ccccc1OCC(OCc1cccs1)c1cccc(/C=C/c2ccc3ccc(Cl)cc3n2)c1. The van der Waals surface area contributed by atoms with Crippen molar-refractivity contribution in [1.29, 1.82) is 0 Å². The van der Waals surface area contributed by atoms with Crippen LogP contribution in [0.4, 0.5) is 0 Å². The molecule has 0 aliphatic carbocycles. The first-order chi connectivity index (χ1) is 18.5. The van der Waals surface area contributed by atoms with Crippen molar-refractivity contribution in [2.75, 3.05) is 6.61 Å². The fraction of sp³-hybridized carbons (Fsp3) is 0.0968. The molecule has 7 heteroatoms. The van der Waals surface area contributed by atoms with Crippen molar-refractivity contribution in [3.63, 3.8) is 0 Å². The molecule has 1 unspecified atom stereocenters. The van der Waals surface area contributed by atoms with Crippen LogP contribution < -0.4 is 4.74 Å². The Morgan fingerprint density at radius 1 is 0.974 bits per heavy atom. The number of para-hydroxylation sites is 1. The Morgan fingerprint density at radius 2 is 1.84 bits per heavy atom. The lowest BCUT2D eigenvalue weighted by molar-refractivity contribution is 0.00887. The molecular weight excluding hydrogens is 518 g/mol. The highest BCUT2D eigenvalue weighted by Crippen LogP contribution is 2.26. The van der Waals surface area contributed by atoms with Crippen LogP contribution >= 0.6 is 22.9 Å². The Labute approximate surface area is 229 Å². The molecule has 1 N–H and O–H groups in total. The number of nitrogens with zero attached hydrogens (tertiary/aromatic N) is 1. The third-order valence-electron chi connectivity index (χ3n) is 5.92. The summed E-state index contributed by atoms with van der Waals surface area (Å²) in [6.07, 6.45) is 3.55. The van der Waals surface area contributed by atoms with Crippen LogP contribution in [-0.4, -0.2) is 22.7 Å². The molecule has 1 atom stereocenters. The average Bonchev–Trinajstić information content (AvgIpc) is 3.46. The van der Waals surface area contributed by atoms with Gasteiger partial charge in [0, 0.05) is 15.3 Å². The summed E-state index contributed by atoms with van der Waals surface area (Å²) >= 11 is 7.75. The van der Waals surface area contributed by atoms with Crippen molar-refractivity contribution >= 4 is 52.0 Å². The van der Waals surface area contributed by atoms with E-state index in [-0.39, 0.29) is 12.2 Å². The molecule has 5 aromatic rings. The third kappa shape index (κ3) is 6.47. The number of rotatable bonds is 10. The zero-order valence-corrected chi connectivity index (χ0v) is 21.9. The predicted octanol–water partition coefficient (Wildman–Crippen LogP) is 8.16. The first kappa shape index (κ1) is 25.7. The minimum atomic E-state index is -1.03. The Bertz CT molecular complexity index is 1580. The van der Waals surface area contributed by atoms with E-state index in [4.69, 9.17) is 21.1 Å². The van der Waals surface area contributed by atoms with Gasteiger partial charge in [0.05, 0.1) is 17.8 Å². The normalized spacial score (nSPS) is 12.1. The maximum atomic E-state index is 11.6. The Morgan fingerprint density at radius 3 is 2.68 bits per heavy atom. The standard InChI is InChI=1S/C31H24ClNO4S/c32-24-13-11-22-12-15-25(33-28(22)18-24)14-10-21-5-3-6-23(17-21)30(36-19-26-7-4-16-38-26)20-37-29-9-2-1-8-27(29)31(34)35/h1-18,30H,19-20H2,(H,34,35)/b14-10+. The van der Waals surface area contributed by atoms with Crippen molar-refractivity contribution in [3.05, 3.63) is 129 Å². The van der Waals surface area contributed by atoms with Gasteiger partial charge in [0.1, 0.15) is 24.0 Å². The van der Waals surface area contributed by atoms with Crippen molar-refractivity contribution in [3.8, 4) is 5.75 Å². The van der Waals surface area contributed by atoms with Crippen LogP contribution in [0, 0.1) is 0 Å². The highest BCUT2D eigenvalue weighted by Gasteiger charge is 2.17. The molecule has 0 bridgehead atoms. The van der Waals surface area contributed by atoms with Crippen LogP contribution in [0.5, 0.6) is 5.75 Å². The summed E-state index contributed by atoms with van der Waals surface area (Å²) in [5, 5.41) is 13.2. The van der Waals surface area contributed by atoms with Gasteiger partial charge in [0.25, 0.3) is 0 Å². The molecule has 2 heterocycles. The monoisotopic (exact) mass is 541 g/mol. The van der Waals surface area contributed by atoms with E-state index in [2.05, 4.69) is 4.98 Å². The van der Waals surface area contributed by atoms with Crippen molar-refractivity contribution < 1.29 is 19.4 Å². The summed E-state index contributed by atoms with van der Waals surface area (Å²) in [7, 11) is 0. The number of thiophene rings is 1. The van der Waals surface area contributed by atoms with Crippen LogP contribution in [0.2, 0.25) is 5.02 Å². The number of fused-ring (bicyclic) bond motifs is 1. The van der Waals surface area contributed by atoms with Crippen LogP contribution in [0.25, 0.3) is 23.1 Å². The van der Waals surface area contributed by atoms with Gasteiger partial charge in [0.15, 0.2) is 0 Å². The predicted molar refractivity (Wildman–Crippen MR) is 153 cm³/mol. The fourth-order valence-corrected chi connectivity index (χ4v) is 4.79. The molecule has 0 aliphatic heterocycles. The molecule has 190 valence electrons. The molecule has 0 amide bonds. The van der Waals surface area contributed by atoms with Gasteiger partial charge in [-0.05, 0) is 65.0 Å². The number of carbonyl (C=O) groups is 1. The van der Waals surface area contributed by atoms with Gasteiger partial charge >= 0.3 is 5.97 Å². The van der Waals surface area contributed by atoms with Crippen molar-refractivity contribution in [2.24, 2.45) is 0 Å². The highest BCUT2D eigenvalue weighted by atomic mass is 35.5. The molecule has 5 rings (SSSR count). The van der Waals surface area contributed by atoms with Crippen molar-refractivity contribution in [2.45, 2.75) is 12.7 Å². The molecule has 3 aromatic carbocycles. The van der Waals surface area contributed by atoms with Gasteiger partial charge in [-0.2, -0.15) is 0 Å². The van der Waals surface area contributed by atoms with E-state index >= 15 is 0 Å². The number of pyridine rings is 1. The molecule has 0 spiro atoms. The first-order valence-corrected chi connectivity index (χ1v) is 13.2. The second kappa shape index (κ2) is 12.0. The molecule has 0 fully saturated rings. The smallest absolute Gasteiger partial charge is 0.339 e. The average molecular weight is 542 g/mol. The number of hydrogen-bond acceptors (Lipinski definition) is 5. The molecule has 0 saturated heterocycles. The zero-order valence-electron chi connectivity index (χ0n) is 20.3. The minimum absolute atomic E-state index is 0.116. The van der Waals surface area contributed by atoms with E-state index in [0.717, 1.165) is 32.6 Å². The molecule has 0 radical (unpaired) electrons. The Kier molecular flexibility index (Phi) is 8.14. The molecule has 38 heavy (non-hydrogen) atoms. The zero-order chi connectivity index (χ0) is 26.3. The Hall–Kier alpha value is -3.97. The van der Waals surface area contributed by atoms with E-state index in [0.29, 0.717) is 17.4 Å². The number of carboxylic acids is 1. The first-order valence-electron chi connectivity index (χ1n) is 12.0. The number of halogens is 1. The summed E-state index contributed by atoms with van der Waals surface area (Å²) in [6.45, 7) is 0.589. The number of aromatic carboxylic acids is 1. The van der Waals surface area contributed by atoms with E-state index in [1.807, 2.05) is 84.3 Å². The quantitative estimate of drug-likeness (QED) is 0.193. The number of benzene rings is 3. The third-order valence-corrected chi connectivity index (χ3v) is 7.00. The van der Waals surface area contributed by atoms with Crippen LogP contribution in [0.1, 0.15) is 38.2 Å². The van der Waals surface area contributed by atoms with E-state index in [1.165, 1.54) is 6.07 Å². The summed E-state index contributed by atoms with van der Waals surface area (Å²) < 4.78 is 12.2. The van der Waals surface area contributed by atoms with Gasteiger partial charge < -0.3 is 14.6 Å². The summed E-state index contributed by atoms with van der Waals surface area (Å²) in [5.74, 6) is -0.725. The van der Waals surface area contributed by atoms with Crippen LogP contribution in [-0.2, 0) is 11.3 Å². The lowest BCUT2D eigenvalue weighted by atomic mass is 10.1. The molecular formula is C31H24ClNO4S. The highest BCUT2D eigenvalue weighted by molar-refractivity contribution is 7.09. The summed E-state index contributed by atoms with van der Waals surface area (Å²) in [5.41, 5.74) is 3.68. The number of hydrogen-bond donors (Lipinski definition) is 1. The fourth-order valence-electron chi connectivity index (χ4n) is 4.00. The van der Waals surface area contributed by atoms with E-state index in [1.54, 1.807) is 29.5 Å². The minimum Gasteiger partial charge on any atom is -0.490 e. The molecule has 5 nitrogen and oxygen atoms in total. The van der Waals surface area contributed by atoms with Gasteiger partial charge in [-0.15, -0.1) is 11.3 Å². The second-order valence-corrected chi connectivity index (χ2v) is 10.0. The lowest BCUT2D eigenvalue weighted by Crippen LogP contribution is -2.15. The number of ether oxygens (including phenoxy) is 2. The maximum Gasteiger partial charge on any atom is 0.339 e. The van der Waals surface area contributed by atoms with Gasteiger partial charge in [0.2, 0.25) is 0 Å². The molecule has 0 saturated carbocycles. The molecule has 2 aromatic heterocycles. The van der Waals surface area contributed by atoms with Crippen LogP contribution in [0.3, 0.4) is 0 Å². The van der Waals surface area contributed by atoms with E-state index < -0.39 is 12.1 Å². The number of aromatic nitrogens is 1. The summed E-state index contributed by atoms with van der Waals surface area (Å²) in [6, 6.07) is 28.3. The maximum absolute atomic E-state index is 11.6. The van der Waals surface area contributed by atoms with Crippen LogP contribution in [0.15, 0.2) is 96.4 Å².